The van der Waals surface area contributed by atoms with Gasteiger partial charge in [0.15, 0.2) is 0 Å². The van der Waals surface area contributed by atoms with Crippen LogP contribution in [0.25, 0.3) is 0 Å². The zero-order valence-corrected chi connectivity index (χ0v) is 14.0. The molecule has 0 aromatic heterocycles. The van der Waals surface area contributed by atoms with Crippen molar-refractivity contribution in [2.75, 3.05) is 13.7 Å². The summed E-state index contributed by atoms with van der Waals surface area (Å²) >= 11 is 0. The lowest BCUT2D eigenvalue weighted by Crippen LogP contribution is -2.46. The van der Waals surface area contributed by atoms with Gasteiger partial charge in [-0.25, -0.2) is 9.59 Å². The molecule has 5 nitrogen and oxygen atoms in total. The predicted octanol–water partition coefficient (Wildman–Crippen LogP) is 3.03. The van der Waals surface area contributed by atoms with Crippen LogP contribution in [0.2, 0.25) is 0 Å². The van der Waals surface area contributed by atoms with Crippen molar-refractivity contribution < 1.29 is 19.1 Å². The van der Waals surface area contributed by atoms with E-state index in [0.717, 1.165) is 5.56 Å². The van der Waals surface area contributed by atoms with E-state index < -0.39 is 23.7 Å². The van der Waals surface area contributed by atoms with Crippen LogP contribution < -0.4 is 0 Å². The van der Waals surface area contributed by atoms with E-state index in [1.165, 1.54) is 4.90 Å². The summed E-state index contributed by atoms with van der Waals surface area (Å²) in [6.07, 6.45) is -0.156. The lowest BCUT2D eigenvalue weighted by Gasteiger charge is -2.29. The minimum Gasteiger partial charge on any atom is -0.464 e. The quantitative estimate of drug-likeness (QED) is 0.785. The van der Waals surface area contributed by atoms with Crippen molar-refractivity contribution in [1.29, 1.82) is 0 Å². The van der Waals surface area contributed by atoms with Crippen LogP contribution in [-0.2, 0) is 20.7 Å². The van der Waals surface area contributed by atoms with Gasteiger partial charge in [-0.15, -0.1) is 0 Å². The summed E-state index contributed by atoms with van der Waals surface area (Å²) in [5.41, 5.74) is 0.341. The Morgan fingerprint density at radius 1 is 1.18 bits per heavy atom. The molecule has 0 aliphatic rings. The molecule has 1 aromatic carbocycles. The average molecular weight is 307 g/mol. The van der Waals surface area contributed by atoms with Gasteiger partial charge in [-0.2, -0.15) is 0 Å². The number of hydrogen-bond donors (Lipinski definition) is 0. The van der Waals surface area contributed by atoms with Gasteiger partial charge in [0.2, 0.25) is 0 Å². The van der Waals surface area contributed by atoms with Crippen LogP contribution in [0.3, 0.4) is 0 Å². The molecule has 0 aliphatic heterocycles. The van der Waals surface area contributed by atoms with E-state index in [-0.39, 0.29) is 6.61 Å². The Labute approximate surface area is 132 Å². The Balaban J connectivity index is 2.89. The van der Waals surface area contributed by atoms with Gasteiger partial charge >= 0.3 is 12.1 Å². The number of carbonyl (C=O) groups excluding carboxylic acids is 2. The molecule has 5 heteroatoms. The third-order valence-electron chi connectivity index (χ3n) is 2.98. The van der Waals surface area contributed by atoms with Crippen molar-refractivity contribution in [2.45, 2.75) is 45.8 Å². The van der Waals surface area contributed by atoms with Gasteiger partial charge in [-0.05, 0) is 33.3 Å². The number of amides is 1. The zero-order valence-electron chi connectivity index (χ0n) is 14.0. The highest BCUT2D eigenvalue weighted by molar-refractivity contribution is 5.81. The number of likely N-dealkylation sites (N-methyl/N-ethyl adjacent to an activating group) is 1. The van der Waals surface area contributed by atoms with Crippen LogP contribution >= 0.6 is 0 Å². The van der Waals surface area contributed by atoms with E-state index in [9.17, 15) is 9.59 Å². The number of nitrogens with zero attached hydrogens (tertiary/aromatic N) is 1. The Hall–Kier alpha value is -2.04. The smallest absolute Gasteiger partial charge is 0.410 e. The Bertz CT molecular complexity index is 493. The number of esters is 1. The molecule has 0 N–H and O–H groups in total. The summed E-state index contributed by atoms with van der Waals surface area (Å²) in [5.74, 6) is -0.431. The molecule has 0 heterocycles. The summed E-state index contributed by atoms with van der Waals surface area (Å²) in [4.78, 5) is 25.7. The van der Waals surface area contributed by atoms with Crippen LogP contribution in [-0.4, -0.2) is 42.3 Å². The largest absolute Gasteiger partial charge is 0.464 e. The fourth-order valence-corrected chi connectivity index (χ4v) is 1.92. The second-order valence-corrected chi connectivity index (χ2v) is 6.05. The zero-order chi connectivity index (χ0) is 16.8. The summed E-state index contributed by atoms with van der Waals surface area (Å²) in [7, 11) is 1.55. The maximum atomic E-state index is 12.2. The molecular formula is C17H25NO4. The SMILES string of the molecule is CCOC(=O)[C@@H](Cc1ccccc1)N(C)C(=O)OC(C)(C)C. The van der Waals surface area contributed by atoms with Crippen molar-refractivity contribution in [3.05, 3.63) is 35.9 Å². The summed E-state index contributed by atoms with van der Waals surface area (Å²) in [5, 5.41) is 0. The van der Waals surface area contributed by atoms with E-state index >= 15 is 0 Å². The van der Waals surface area contributed by atoms with Crippen molar-refractivity contribution in [3.8, 4) is 0 Å². The molecule has 1 amide bonds. The minimum atomic E-state index is -0.711. The van der Waals surface area contributed by atoms with Crippen LogP contribution in [0, 0.1) is 0 Å². The summed E-state index contributed by atoms with van der Waals surface area (Å²) in [6, 6.07) is 8.80. The molecule has 0 saturated carbocycles. The lowest BCUT2D eigenvalue weighted by atomic mass is 10.1. The first-order valence-corrected chi connectivity index (χ1v) is 7.41. The average Bonchev–Trinajstić information content (AvgIpc) is 2.43. The molecule has 0 fully saturated rings. The van der Waals surface area contributed by atoms with Crippen molar-refractivity contribution in [3.63, 3.8) is 0 Å². The third kappa shape index (κ3) is 5.76. The van der Waals surface area contributed by atoms with E-state index in [1.54, 1.807) is 34.7 Å². The molecule has 0 saturated heterocycles. The van der Waals surface area contributed by atoms with Gasteiger partial charge in [0.1, 0.15) is 11.6 Å². The van der Waals surface area contributed by atoms with Crippen LogP contribution in [0.5, 0.6) is 0 Å². The molecule has 0 aliphatic carbocycles. The predicted molar refractivity (Wildman–Crippen MR) is 84.6 cm³/mol. The van der Waals surface area contributed by atoms with Gasteiger partial charge in [0.05, 0.1) is 6.61 Å². The molecule has 0 bridgehead atoms. The number of ether oxygens (including phenoxy) is 2. The summed E-state index contributed by atoms with van der Waals surface area (Å²) < 4.78 is 10.4. The van der Waals surface area contributed by atoms with Gasteiger partial charge in [-0.1, -0.05) is 30.3 Å². The highest BCUT2D eigenvalue weighted by atomic mass is 16.6. The van der Waals surface area contributed by atoms with Crippen LogP contribution in [0.15, 0.2) is 30.3 Å². The standard InChI is InChI=1S/C17H25NO4/c1-6-21-15(19)14(12-13-10-8-7-9-11-13)18(5)16(20)22-17(2,3)4/h7-11,14H,6,12H2,1-5H3/t14-/m1/s1. The highest BCUT2D eigenvalue weighted by Gasteiger charge is 2.31. The fourth-order valence-electron chi connectivity index (χ4n) is 1.92. The normalized spacial score (nSPS) is 12.4. The maximum Gasteiger partial charge on any atom is 0.410 e. The maximum absolute atomic E-state index is 12.2. The number of benzene rings is 1. The van der Waals surface area contributed by atoms with Crippen molar-refractivity contribution in [1.82, 2.24) is 4.90 Å². The highest BCUT2D eigenvalue weighted by Crippen LogP contribution is 2.14. The Kier molecular flexibility index (Phi) is 6.40. The van der Waals surface area contributed by atoms with Gasteiger partial charge in [0, 0.05) is 13.5 Å². The first kappa shape index (κ1) is 18.0. The van der Waals surface area contributed by atoms with Crippen LogP contribution in [0.4, 0.5) is 4.79 Å². The molecule has 0 spiro atoms. The number of rotatable bonds is 5. The molecule has 122 valence electrons. The Morgan fingerprint density at radius 2 is 1.77 bits per heavy atom. The Morgan fingerprint density at radius 3 is 2.27 bits per heavy atom. The monoisotopic (exact) mass is 307 g/mol. The molecule has 22 heavy (non-hydrogen) atoms. The lowest BCUT2D eigenvalue weighted by molar-refractivity contribution is -0.148. The first-order valence-electron chi connectivity index (χ1n) is 7.41. The molecule has 0 unspecified atom stereocenters. The van der Waals surface area contributed by atoms with E-state index in [2.05, 4.69) is 0 Å². The van der Waals surface area contributed by atoms with Gasteiger partial charge in [-0.3, -0.25) is 4.90 Å². The second kappa shape index (κ2) is 7.82. The molecule has 1 aromatic rings. The third-order valence-corrected chi connectivity index (χ3v) is 2.98. The van der Waals surface area contributed by atoms with E-state index in [0.29, 0.717) is 6.42 Å². The first-order chi connectivity index (χ1) is 10.2. The van der Waals surface area contributed by atoms with Crippen molar-refractivity contribution >= 4 is 12.1 Å². The topological polar surface area (TPSA) is 55.8 Å². The van der Waals surface area contributed by atoms with Gasteiger partial charge in [0.25, 0.3) is 0 Å². The van der Waals surface area contributed by atoms with Crippen molar-refractivity contribution in [2.24, 2.45) is 0 Å². The molecule has 1 rings (SSSR count). The molecule has 0 radical (unpaired) electrons. The minimum absolute atomic E-state index is 0.270. The van der Waals surface area contributed by atoms with E-state index in [4.69, 9.17) is 9.47 Å². The fraction of sp³-hybridized carbons (Fsp3) is 0.529. The summed E-state index contributed by atoms with van der Waals surface area (Å²) in [6.45, 7) is 7.37. The molecule has 1 atom stereocenters. The molecular weight excluding hydrogens is 282 g/mol. The van der Waals surface area contributed by atoms with Crippen LogP contribution in [0.1, 0.15) is 33.3 Å². The number of hydrogen-bond acceptors (Lipinski definition) is 4. The van der Waals surface area contributed by atoms with Gasteiger partial charge < -0.3 is 9.47 Å². The van der Waals surface area contributed by atoms with E-state index in [1.807, 2.05) is 30.3 Å². The number of carbonyl (C=O) groups is 2. The second-order valence-electron chi connectivity index (χ2n) is 6.05.